The summed E-state index contributed by atoms with van der Waals surface area (Å²) in [6.07, 6.45) is 0.198. The lowest BCUT2D eigenvalue weighted by Gasteiger charge is -2.33. The zero-order valence-corrected chi connectivity index (χ0v) is 12.9. The van der Waals surface area contributed by atoms with Crippen molar-refractivity contribution in [1.82, 2.24) is 5.32 Å². The molecule has 0 aromatic heterocycles. The van der Waals surface area contributed by atoms with E-state index in [1.165, 1.54) is 11.1 Å². The van der Waals surface area contributed by atoms with Gasteiger partial charge in [-0.25, -0.2) is 0 Å². The van der Waals surface area contributed by atoms with Crippen LogP contribution in [0.25, 0.3) is 0 Å². The highest BCUT2D eigenvalue weighted by Crippen LogP contribution is 2.26. The lowest BCUT2D eigenvalue weighted by atomic mass is 9.86. The third-order valence-electron chi connectivity index (χ3n) is 4.00. The third-order valence-corrected chi connectivity index (χ3v) is 4.00. The lowest BCUT2D eigenvalue weighted by Crippen LogP contribution is -2.45. The van der Waals surface area contributed by atoms with Gasteiger partial charge in [-0.2, -0.15) is 0 Å². The van der Waals surface area contributed by atoms with Gasteiger partial charge in [-0.1, -0.05) is 58.9 Å². The molecule has 2 heteroatoms. The molecule has 2 unspecified atom stereocenters. The SMILES string of the molecule is CC(C)C1COC(c2ccc(C(C)(C)C)cc2)CN1. The molecule has 1 saturated heterocycles. The monoisotopic (exact) mass is 261 g/mol. The van der Waals surface area contributed by atoms with E-state index < -0.39 is 0 Å². The Kier molecular flexibility index (Phi) is 4.32. The van der Waals surface area contributed by atoms with E-state index in [0.717, 1.165) is 13.2 Å². The van der Waals surface area contributed by atoms with E-state index in [4.69, 9.17) is 4.74 Å². The molecule has 2 atom stereocenters. The smallest absolute Gasteiger partial charge is 0.0950 e. The summed E-state index contributed by atoms with van der Waals surface area (Å²) >= 11 is 0. The number of morpholine rings is 1. The van der Waals surface area contributed by atoms with E-state index in [0.29, 0.717) is 12.0 Å². The van der Waals surface area contributed by atoms with Gasteiger partial charge < -0.3 is 10.1 Å². The van der Waals surface area contributed by atoms with Crippen LogP contribution in [0.2, 0.25) is 0 Å². The van der Waals surface area contributed by atoms with Crippen LogP contribution in [-0.4, -0.2) is 19.2 Å². The van der Waals surface area contributed by atoms with Crippen LogP contribution >= 0.6 is 0 Å². The molecule has 1 aromatic carbocycles. The molecule has 1 aliphatic rings. The van der Waals surface area contributed by atoms with Crippen LogP contribution in [0.15, 0.2) is 24.3 Å². The molecule has 0 radical (unpaired) electrons. The fraction of sp³-hybridized carbons (Fsp3) is 0.647. The number of ether oxygens (including phenoxy) is 1. The van der Waals surface area contributed by atoms with E-state index in [1.54, 1.807) is 0 Å². The Morgan fingerprint density at radius 1 is 1.16 bits per heavy atom. The van der Waals surface area contributed by atoms with Crippen molar-refractivity contribution in [3.05, 3.63) is 35.4 Å². The summed E-state index contributed by atoms with van der Waals surface area (Å²) in [4.78, 5) is 0. The van der Waals surface area contributed by atoms with E-state index in [1.807, 2.05) is 0 Å². The Morgan fingerprint density at radius 3 is 2.21 bits per heavy atom. The number of hydrogen-bond acceptors (Lipinski definition) is 2. The van der Waals surface area contributed by atoms with Gasteiger partial charge in [0.05, 0.1) is 12.7 Å². The molecule has 1 fully saturated rings. The Balaban J connectivity index is 2.00. The summed E-state index contributed by atoms with van der Waals surface area (Å²) < 4.78 is 6.00. The van der Waals surface area contributed by atoms with Crippen molar-refractivity contribution in [2.45, 2.75) is 52.2 Å². The first-order chi connectivity index (χ1) is 8.88. The molecule has 19 heavy (non-hydrogen) atoms. The molecule has 0 aliphatic carbocycles. The lowest BCUT2D eigenvalue weighted by molar-refractivity contribution is -0.00712. The zero-order valence-electron chi connectivity index (χ0n) is 12.9. The van der Waals surface area contributed by atoms with Crippen molar-refractivity contribution in [2.75, 3.05) is 13.2 Å². The Bertz CT molecular complexity index is 394. The quantitative estimate of drug-likeness (QED) is 0.877. The van der Waals surface area contributed by atoms with Gasteiger partial charge in [-0.3, -0.25) is 0 Å². The summed E-state index contributed by atoms with van der Waals surface area (Å²) in [7, 11) is 0. The van der Waals surface area contributed by atoms with Crippen LogP contribution < -0.4 is 5.32 Å². The zero-order chi connectivity index (χ0) is 14.0. The molecule has 0 amide bonds. The van der Waals surface area contributed by atoms with Gasteiger partial charge in [0.25, 0.3) is 0 Å². The van der Waals surface area contributed by atoms with E-state index in [2.05, 4.69) is 64.2 Å². The Morgan fingerprint density at radius 2 is 1.79 bits per heavy atom. The van der Waals surface area contributed by atoms with Gasteiger partial charge in [-0.05, 0) is 22.5 Å². The van der Waals surface area contributed by atoms with E-state index in [-0.39, 0.29) is 11.5 Å². The molecule has 0 saturated carbocycles. The van der Waals surface area contributed by atoms with Crippen LogP contribution in [0.5, 0.6) is 0 Å². The van der Waals surface area contributed by atoms with Gasteiger partial charge in [0.2, 0.25) is 0 Å². The first kappa shape index (κ1) is 14.5. The van der Waals surface area contributed by atoms with Crippen molar-refractivity contribution >= 4 is 0 Å². The molecule has 1 aliphatic heterocycles. The number of benzene rings is 1. The number of hydrogen-bond donors (Lipinski definition) is 1. The maximum atomic E-state index is 6.00. The molecular formula is C17H27NO. The normalized spacial score (nSPS) is 24.7. The standard InChI is InChI=1S/C17H27NO/c1-12(2)15-11-19-16(10-18-15)13-6-8-14(9-7-13)17(3,4)5/h6-9,12,15-16,18H,10-11H2,1-5H3. The molecular weight excluding hydrogens is 234 g/mol. The van der Waals surface area contributed by atoms with Gasteiger partial charge in [0.15, 0.2) is 0 Å². The maximum Gasteiger partial charge on any atom is 0.0950 e. The molecule has 1 N–H and O–H groups in total. The minimum absolute atomic E-state index is 0.198. The van der Waals surface area contributed by atoms with Crippen LogP contribution in [0.3, 0.4) is 0 Å². The fourth-order valence-corrected chi connectivity index (χ4v) is 2.44. The van der Waals surface area contributed by atoms with E-state index in [9.17, 15) is 0 Å². The topological polar surface area (TPSA) is 21.3 Å². The first-order valence-electron chi connectivity index (χ1n) is 7.33. The van der Waals surface area contributed by atoms with Crippen LogP contribution in [-0.2, 0) is 10.2 Å². The largest absolute Gasteiger partial charge is 0.371 e. The second kappa shape index (κ2) is 5.64. The molecule has 1 aromatic rings. The fourth-order valence-electron chi connectivity index (χ4n) is 2.44. The Hall–Kier alpha value is -0.860. The van der Waals surface area contributed by atoms with Crippen molar-refractivity contribution in [1.29, 1.82) is 0 Å². The van der Waals surface area contributed by atoms with E-state index >= 15 is 0 Å². The predicted octanol–water partition coefficient (Wildman–Crippen LogP) is 3.67. The summed E-state index contributed by atoms with van der Waals surface area (Å²) in [5.41, 5.74) is 2.87. The second-order valence-corrected chi connectivity index (χ2v) is 6.95. The van der Waals surface area contributed by atoms with Gasteiger partial charge >= 0.3 is 0 Å². The predicted molar refractivity (Wildman–Crippen MR) is 80.5 cm³/mol. The summed E-state index contributed by atoms with van der Waals surface area (Å²) in [5.74, 6) is 0.629. The van der Waals surface area contributed by atoms with Crippen LogP contribution in [0.1, 0.15) is 51.8 Å². The average Bonchev–Trinajstić information content (AvgIpc) is 2.38. The minimum Gasteiger partial charge on any atom is -0.371 e. The van der Waals surface area contributed by atoms with Gasteiger partial charge in [0.1, 0.15) is 0 Å². The second-order valence-electron chi connectivity index (χ2n) is 6.95. The van der Waals surface area contributed by atoms with Crippen LogP contribution in [0, 0.1) is 5.92 Å². The molecule has 0 bridgehead atoms. The highest BCUT2D eigenvalue weighted by atomic mass is 16.5. The third kappa shape index (κ3) is 3.58. The molecule has 1 heterocycles. The maximum absolute atomic E-state index is 6.00. The Labute approximate surface area is 117 Å². The van der Waals surface area contributed by atoms with Crippen molar-refractivity contribution in [2.24, 2.45) is 5.92 Å². The summed E-state index contributed by atoms with van der Waals surface area (Å²) in [6, 6.07) is 9.37. The molecule has 106 valence electrons. The highest BCUT2D eigenvalue weighted by Gasteiger charge is 2.24. The van der Waals surface area contributed by atoms with Crippen LogP contribution in [0.4, 0.5) is 0 Å². The highest BCUT2D eigenvalue weighted by molar-refractivity contribution is 5.29. The minimum atomic E-state index is 0.198. The van der Waals surface area contributed by atoms with Gasteiger partial charge in [0, 0.05) is 12.6 Å². The summed E-state index contributed by atoms with van der Waals surface area (Å²) in [5, 5.41) is 3.59. The molecule has 2 nitrogen and oxygen atoms in total. The van der Waals surface area contributed by atoms with Crippen molar-refractivity contribution < 1.29 is 4.74 Å². The molecule has 2 rings (SSSR count). The number of rotatable bonds is 2. The summed E-state index contributed by atoms with van der Waals surface area (Å²) in [6.45, 7) is 12.9. The first-order valence-corrected chi connectivity index (χ1v) is 7.33. The van der Waals surface area contributed by atoms with Crippen molar-refractivity contribution in [3.8, 4) is 0 Å². The van der Waals surface area contributed by atoms with Crippen molar-refractivity contribution in [3.63, 3.8) is 0 Å². The average molecular weight is 261 g/mol. The van der Waals surface area contributed by atoms with Gasteiger partial charge in [-0.15, -0.1) is 0 Å². The molecule has 0 spiro atoms. The number of nitrogens with one attached hydrogen (secondary N) is 1.